The van der Waals surface area contributed by atoms with E-state index in [1.807, 2.05) is 0 Å². The van der Waals surface area contributed by atoms with Gasteiger partial charge in [-0.3, -0.25) is 0 Å². The van der Waals surface area contributed by atoms with E-state index in [0.717, 1.165) is 6.54 Å². The molecule has 0 saturated carbocycles. The quantitative estimate of drug-likeness (QED) is 0.812. The molecule has 0 aliphatic heterocycles. The zero-order valence-corrected chi connectivity index (χ0v) is 12.3. The van der Waals surface area contributed by atoms with Gasteiger partial charge >= 0.3 is 0 Å². The first-order valence-corrected chi connectivity index (χ1v) is 6.79. The molecule has 2 rings (SSSR count). The number of hydrogen-bond acceptors (Lipinski definition) is 1. The lowest BCUT2D eigenvalue weighted by Crippen LogP contribution is -2.01. The summed E-state index contributed by atoms with van der Waals surface area (Å²) >= 11 is 2.37. The Kier molecular flexibility index (Phi) is 4.05. The van der Waals surface area contributed by atoms with E-state index in [2.05, 4.69) is 84.2 Å². The number of benzene rings is 2. The van der Waals surface area contributed by atoms with Gasteiger partial charge in [0.25, 0.3) is 0 Å². The molecule has 0 spiro atoms. The molecule has 0 amide bonds. The van der Waals surface area contributed by atoms with Crippen molar-refractivity contribution in [1.29, 1.82) is 0 Å². The molecule has 0 aliphatic carbocycles. The molecule has 88 valence electrons. The molecule has 0 saturated heterocycles. The zero-order valence-electron chi connectivity index (χ0n) is 10.1. The van der Waals surface area contributed by atoms with Crippen molar-refractivity contribution in [2.75, 3.05) is 5.32 Å². The highest BCUT2D eigenvalue weighted by molar-refractivity contribution is 14.1. The van der Waals surface area contributed by atoms with E-state index in [9.17, 15) is 0 Å². The second kappa shape index (κ2) is 5.54. The highest BCUT2D eigenvalue weighted by atomic mass is 127. The van der Waals surface area contributed by atoms with Crippen LogP contribution in [0.15, 0.2) is 42.5 Å². The van der Waals surface area contributed by atoms with E-state index >= 15 is 0 Å². The molecule has 17 heavy (non-hydrogen) atoms. The van der Waals surface area contributed by atoms with Gasteiger partial charge in [0.05, 0.1) is 0 Å². The lowest BCUT2D eigenvalue weighted by atomic mass is 10.1. The summed E-state index contributed by atoms with van der Waals surface area (Å²) in [6.07, 6.45) is 0. The Labute approximate surface area is 116 Å². The highest BCUT2D eigenvalue weighted by Gasteiger charge is 1.99. The Bertz CT molecular complexity index is 520. The summed E-state index contributed by atoms with van der Waals surface area (Å²) in [5.74, 6) is 0. The van der Waals surface area contributed by atoms with Crippen LogP contribution in [0.1, 0.15) is 16.7 Å². The summed E-state index contributed by atoms with van der Waals surface area (Å²) in [5, 5.41) is 3.47. The Morgan fingerprint density at radius 1 is 1.00 bits per heavy atom. The number of anilines is 1. The molecule has 1 nitrogen and oxygen atoms in total. The first-order chi connectivity index (χ1) is 8.16. The second-order valence-electron chi connectivity index (χ2n) is 4.24. The van der Waals surface area contributed by atoms with Gasteiger partial charge < -0.3 is 5.32 Å². The lowest BCUT2D eigenvalue weighted by Gasteiger charge is -2.10. The maximum Gasteiger partial charge on any atom is 0.0403 e. The smallest absolute Gasteiger partial charge is 0.0403 e. The van der Waals surface area contributed by atoms with Crippen molar-refractivity contribution in [3.8, 4) is 0 Å². The first kappa shape index (κ1) is 12.4. The third-order valence-corrected chi connectivity index (χ3v) is 4.08. The maximum absolute atomic E-state index is 3.47. The van der Waals surface area contributed by atoms with E-state index in [4.69, 9.17) is 0 Å². The van der Waals surface area contributed by atoms with Gasteiger partial charge in [0, 0.05) is 15.8 Å². The minimum atomic E-state index is 0.881. The summed E-state index contributed by atoms with van der Waals surface area (Å²) < 4.78 is 1.30. The van der Waals surface area contributed by atoms with Crippen molar-refractivity contribution in [1.82, 2.24) is 0 Å². The van der Waals surface area contributed by atoms with Gasteiger partial charge in [-0.2, -0.15) is 0 Å². The third kappa shape index (κ3) is 3.22. The molecule has 0 bridgehead atoms. The highest BCUT2D eigenvalue weighted by Crippen LogP contribution is 2.18. The van der Waals surface area contributed by atoms with Crippen molar-refractivity contribution >= 4 is 28.3 Å². The normalized spacial score (nSPS) is 10.3. The van der Waals surface area contributed by atoms with Gasteiger partial charge in [-0.1, -0.05) is 30.3 Å². The average Bonchev–Trinajstić information content (AvgIpc) is 2.32. The Hall–Kier alpha value is -1.03. The average molecular weight is 337 g/mol. The van der Waals surface area contributed by atoms with Gasteiger partial charge in [-0.25, -0.2) is 0 Å². The van der Waals surface area contributed by atoms with Crippen molar-refractivity contribution in [2.24, 2.45) is 0 Å². The molecule has 2 heteroatoms. The molecule has 2 aromatic rings. The standard InChI is InChI=1S/C15H16IN/c1-11-5-3-4-6-13(11)10-17-14-8-7-12(2)15(16)9-14/h3-9,17H,10H2,1-2H3. The topological polar surface area (TPSA) is 12.0 Å². The van der Waals surface area contributed by atoms with Crippen LogP contribution in [-0.2, 0) is 6.54 Å². The summed E-state index contributed by atoms with van der Waals surface area (Å²) in [6, 6.07) is 15.0. The summed E-state index contributed by atoms with van der Waals surface area (Å²) in [7, 11) is 0. The lowest BCUT2D eigenvalue weighted by molar-refractivity contribution is 1.12. The SMILES string of the molecule is Cc1ccc(NCc2ccccc2C)cc1I. The van der Waals surface area contributed by atoms with Gasteiger partial charge in [-0.05, 0) is 65.3 Å². The number of halogens is 1. The molecule has 0 aromatic heterocycles. The molecule has 0 fully saturated rings. The van der Waals surface area contributed by atoms with Crippen molar-refractivity contribution in [3.05, 3.63) is 62.7 Å². The van der Waals surface area contributed by atoms with Gasteiger partial charge in [0.1, 0.15) is 0 Å². The number of nitrogens with one attached hydrogen (secondary N) is 1. The molecule has 0 heterocycles. The predicted molar refractivity (Wildman–Crippen MR) is 82.4 cm³/mol. The molecule has 0 radical (unpaired) electrons. The minimum Gasteiger partial charge on any atom is -0.381 e. The van der Waals surface area contributed by atoms with Crippen LogP contribution in [0.25, 0.3) is 0 Å². The zero-order chi connectivity index (χ0) is 12.3. The predicted octanol–water partition coefficient (Wildman–Crippen LogP) is 4.52. The van der Waals surface area contributed by atoms with Gasteiger partial charge in [0.15, 0.2) is 0 Å². The molecular weight excluding hydrogens is 321 g/mol. The van der Waals surface area contributed by atoms with Crippen LogP contribution in [0, 0.1) is 17.4 Å². The van der Waals surface area contributed by atoms with E-state index in [1.165, 1.54) is 25.9 Å². The molecule has 1 N–H and O–H groups in total. The Morgan fingerprint density at radius 3 is 2.47 bits per heavy atom. The Morgan fingerprint density at radius 2 is 1.76 bits per heavy atom. The van der Waals surface area contributed by atoms with E-state index < -0.39 is 0 Å². The van der Waals surface area contributed by atoms with Crippen LogP contribution in [0.5, 0.6) is 0 Å². The van der Waals surface area contributed by atoms with Crippen molar-refractivity contribution in [2.45, 2.75) is 20.4 Å². The first-order valence-electron chi connectivity index (χ1n) is 5.71. The van der Waals surface area contributed by atoms with Gasteiger partial charge in [0.2, 0.25) is 0 Å². The third-order valence-electron chi connectivity index (χ3n) is 2.92. The molecule has 0 aliphatic rings. The maximum atomic E-state index is 3.47. The van der Waals surface area contributed by atoms with E-state index in [-0.39, 0.29) is 0 Å². The Balaban J connectivity index is 2.08. The monoisotopic (exact) mass is 337 g/mol. The van der Waals surface area contributed by atoms with Crippen LogP contribution in [-0.4, -0.2) is 0 Å². The van der Waals surface area contributed by atoms with Gasteiger partial charge in [-0.15, -0.1) is 0 Å². The summed E-state index contributed by atoms with van der Waals surface area (Å²) in [6.45, 7) is 5.16. The molecule has 2 aromatic carbocycles. The van der Waals surface area contributed by atoms with Crippen LogP contribution in [0.3, 0.4) is 0 Å². The van der Waals surface area contributed by atoms with Crippen LogP contribution < -0.4 is 5.32 Å². The summed E-state index contributed by atoms with van der Waals surface area (Å²) in [5.41, 5.74) is 5.19. The van der Waals surface area contributed by atoms with Crippen molar-refractivity contribution < 1.29 is 0 Å². The summed E-state index contributed by atoms with van der Waals surface area (Å²) in [4.78, 5) is 0. The number of hydrogen-bond donors (Lipinski definition) is 1. The largest absolute Gasteiger partial charge is 0.381 e. The van der Waals surface area contributed by atoms with Crippen LogP contribution >= 0.6 is 22.6 Å². The van der Waals surface area contributed by atoms with E-state index in [0.29, 0.717) is 0 Å². The minimum absolute atomic E-state index is 0.881. The number of rotatable bonds is 3. The molecule has 0 unspecified atom stereocenters. The van der Waals surface area contributed by atoms with Crippen LogP contribution in [0.2, 0.25) is 0 Å². The fraction of sp³-hybridized carbons (Fsp3) is 0.200. The fourth-order valence-corrected chi connectivity index (χ4v) is 2.22. The second-order valence-corrected chi connectivity index (χ2v) is 5.41. The van der Waals surface area contributed by atoms with Crippen molar-refractivity contribution in [3.63, 3.8) is 0 Å². The van der Waals surface area contributed by atoms with Crippen LogP contribution in [0.4, 0.5) is 5.69 Å². The number of aryl methyl sites for hydroxylation is 2. The fourth-order valence-electron chi connectivity index (χ4n) is 1.71. The van der Waals surface area contributed by atoms with E-state index in [1.54, 1.807) is 0 Å². The molecule has 0 atom stereocenters. The molecular formula is C15H16IN.